The molecule has 0 aliphatic rings. The van der Waals surface area contributed by atoms with Gasteiger partial charge in [-0.1, -0.05) is 0 Å². The van der Waals surface area contributed by atoms with E-state index >= 15 is 0 Å². The van der Waals surface area contributed by atoms with Crippen molar-refractivity contribution in [3.05, 3.63) is 24.3 Å². The molecule has 0 aromatic heterocycles. The number of ether oxygens (including phenoxy) is 2. The van der Waals surface area contributed by atoms with Crippen molar-refractivity contribution in [3.63, 3.8) is 0 Å². The highest BCUT2D eigenvalue weighted by atomic mass is 16.5. The lowest BCUT2D eigenvalue weighted by Gasteiger charge is -2.19. The van der Waals surface area contributed by atoms with Crippen LogP contribution < -0.4 is 14.8 Å². The molecule has 108 valence electrons. The van der Waals surface area contributed by atoms with E-state index in [0.29, 0.717) is 18.8 Å². The molecule has 19 heavy (non-hydrogen) atoms. The summed E-state index contributed by atoms with van der Waals surface area (Å²) in [4.78, 5) is 0. The Morgan fingerprint density at radius 2 is 1.79 bits per heavy atom. The van der Waals surface area contributed by atoms with Gasteiger partial charge in [-0.15, -0.1) is 0 Å². The molecular weight excluding hydrogens is 246 g/mol. The largest absolute Gasteiger partial charge is 0.497 e. The van der Waals surface area contributed by atoms with E-state index in [-0.39, 0.29) is 6.61 Å². The fourth-order valence-corrected chi connectivity index (χ4v) is 1.47. The first-order valence-corrected chi connectivity index (χ1v) is 6.29. The van der Waals surface area contributed by atoms with E-state index in [9.17, 15) is 10.2 Å². The van der Waals surface area contributed by atoms with Crippen LogP contribution in [-0.4, -0.2) is 48.7 Å². The zero-order valence-electron chi connectivity index (χ0n) is 11.7. The molecule has 0 radical (unpaired) electrons. The van der Waals surface area contributed by atoms with E-state index in [1.54, 1.807) is 45.2 Å². The second kappa shape index (κ2) is 7.33. The van der Waals surface area contributed by atoms with Crippen LogP contribution in [-0.2, 0) is 0 Å². The molecule has 0 bridgehead atoms. The molecule has 0 aliphatic carbocycles. The van der Waals surface area contributed by atoms with Gasteiger partial charge in [0.15, 0.2) is 0 Å². The van der Waals surface area contributed by atoms with Gasteiger partial charge in [-0.05, 0) is 38.1 Å². The SMILES string of the molecule is COc1ccc(OCC(O)CNCC(C)(C)O)cc1. The number of nitrogens with one attached hydrogen (secondary N) is 1. The van der Waals surface area contributed by atoms with Gasteiger partial charge in [-0.2, -0.15) is 0 Å². The molecule has 0 fully saturated rings. The first-order valence-electron chi connectivity index (χ1n) is 6.29. The number of hydrogen-bond acceptors (Lipinski definition) is 5. The highest BCUT2D eigenvalue weighted by Crippen LogP contribution is 2.16. The molecule has 3 N–H and O–H groups in total. The number of aliphatic hydroxyl groups is 2. The van der Waals surface area contributed by atoms with E-state index in [1.165, 1.54) is 0 Å². The summed E-state index contributed by atoms with van der Waals surface area (Å²) in [7, 11) is 1.61. The number of rotatable bonds is 8. The van der Waals surface area contributed by atoms with E-state index < -0.39 is 11.7 Å². The third-order valence-electron chi connectivity index (χ3n) is 2.44. The summed E-state index contributed by atoms with van der Waals surface area (Å²) >= 11 is 0. The second-order valence-corrected chi connectivity index (χ2v) is 5.08. The summed E-state index contributed by atoms with van der Waals surface area (Å²) in [6.07, 6.45) is -0.621. The average Bonchev–Trinajstić information content (AvgIpc) is 2.35. The van der Waals surface area contributed by atoms with Crippen molar-refractivity contribution in [2.24, 2.45) is 0 Å². The van der Waals surface area contributed by atoms with E-state index in [0.717, 1.165) is 5.75 Å². The lowest BCUT2D eigenvalue weighted by Crippen LogP contribution is -2.40. The topological polar surface area (TPSA) is 71.0 Å². The summed E-state index contributed by atoms with van der Waals surface area (Å²) < 4.78 is 10.5. The Morgan fingerprint density at radius 1 is 1.21 bits per heavy atom. The fraction of sp³-hybridized carbons (Fsp3) is 0.571. The average molecular weight is 269 g/mol. The van der Waals surface area contributed by atoms with Gasteiger partial charge in [0.2, 0.25) is 0 Å². The minimum absolute atomic E-state index is 0.200. The van der Waals surface area contributed by atoms with Crippen LogP contribution in [0.5, 0.6) is 11.5 Å². The summed E-state index contributed by atoms with van der Waals surface area (Å²) in [5.74, 6) is 1.45. The Balaban J connectivity index is 2.23. The molecule has 0 saturated heterocycles. The Kier molecular flexibility index (Phi) is 6.08. The molecule has 1 rings (SSSR count). The molecule has 1 aromatic rings. The molecule has 0 spiro atoms. The normalized spacial score (nSPS) is 13.1. The third-order valence-corrected chi connectivity index (χ3v) is 2.44. The van der Waals surface area contributed by atoms with E-state index in [2.05, 4.69) is 5.32 Å². The van der Waals surface area contributed by atoms with Crippen molar-refractivity contribution in [2.45, 2.75) is 25.6 Å². The van der Waals surface area contributed by atoms with E-state index in [1.807, 2.05) is 0 Å². The highest BCUT2D eigenvalue weighted by Gasteiger charge is 2.13. The molecule has 1 atom stereocenters. The van der Waals surface area contributed by atoms with Gasteiger partial charge < -0.3 is 25.0 Å². The number of methoxy groups -OCH3 is 1. The molecule has 0 saturated carbocycles. The zero-order chi connectivity index (χ0) is 14.3. The Morgan fingerprint density at radius 3 is 2.32 bits per heavy atom. The van der Waals surface area contributed by atoms with Gasteiger partial charge in [0, 0.05) is 13.1 Å². The second-order valence-electron chi connectivity index (χ2n) is 5.08. The monoisotopic (exact) mass is 269 g/mol. The first kappa shape index (κ1) is 15.8. The molecule has 0 heterocycles. The molecular formula is C14H23NO4. The van der Waals surface area contributed by atoms with Gasteiger partial charge in [0.25, 0.3) is 0 Å². The van der Waals surface area contributed by atoms with Gasteiger partial charge in [-0.3, -0.25) is 0 Å². The number of benzene rings is 1. The van der Waals surface area contributed by atoms with Crippen LogP contribution >= 0.6 is 0 Å². The fourth-order valence-electron chi connectivity index (χ4n) is 1.47. The van der Waals surface area contributed by atoms with Gasteiger partial charge >= 0.3 is 0 Å². The van der Waals surface area contributed by atoms with Crippen LogP contribution in [0.25, 0.3) is 0 Å². The van der Waals surface area contributed by atoms with Crippen molar-refractivity contribution >= 4 is 0 Å². The number of hydrogen-bond donors (Lipinski definition) is 3. The van der Waals surface area contributed by atoms with Crippen LogP contribution in [0.3, 0.4) is 0 Å². The lowest BCUT2D eigenvalue weighted by molar-refractivity contribution is 0.0665. The van der Waals surface area contributed by atoms with Crippen molar-refractivity contribution in [3.8, 4) is 11.5 Å². The van der Waals surface area contributed by atoms with Crippen molar-refractivity contribution < 1.29 is 19.7 Å². The smallest absolute Gasteiger partial charge is 0.119 e. The van der Waals surface area contributed by atoms with Gasteiger partial charge in [-0.25, -0.2) is 0 Å². The van der Waals surface area contributed by atoms with Crippen LogP contribution in [0.1, 0.15) is 13.8 Å². The van der Waals surface area contributed by atoms with Crippen LogP contribution in [0.4, 0.5) is 0 Å². The summed E-state index contributed by atoms with van der Waals surface area (Å²) in [6.45, 7) is 4.42. The van der Waals surface area contributed by atoms with Gasteiger partial charge in [0.05, 0.1) is 12.7 Å². The molecule has 0 amide bonds. The minimum atomic E-state index is -0.781. The van der Waals surface area contributed by atoms with Gasteiger partial charge in [0.1, 0.15) is 24.2 Å². The molecule has 1 unspecified atom stereocenters. The zero-order valence-corrected chi connectivity index (χ0v) is 11.7. The maximum atomic E-state index is 9.71. The minimum Gasteiger partial charge on any atom is -0.497 e. The maximum absolute atomic E-state index is 9.71. The van der Waals surface area contributed by atoms with Crippen LogP contribution in [0, 0.1) is 0 Å². The molecule has 5 heteroatoms. The van der Waals surface area contributed by atoms with E-state index in [4.69, 9.17) is 9.47 Å². The Hall–Kier alpha value is -1.30. The van der Waals surface area contributed by atoms with Crippen LogP contribution in [0.15, 0.2) is 24.3 Å². The predicted octanol–water partition coefficient (Wildman–Crippen LogP) is 0.795. The molecule has 1 aromatic carbocycles. The summed E-state index contributed by atoms with van der Waals surface area (Å²) in [6, 6.07) is 7.17. The lowest BCUT2D eigenvalue weighted by atomic mass is 10.1. The number of aliphatic hydroxyl groups excluding tert-OH is 1. The van der Waals surface area contributed by atoms with Crippen LogP contribution in [0.2, 0.25) is 0 Å². The summed E-state index contributed by atoms with van der Waals surface area (Å²) in [5.41, 5.74) is -0.781. The standard InChI is InChI=1S/C14H23NO4/c1-14(2,17)10-15-8-11(16)9-19-13-6-4-12(18-3)5-7-13/h4-7,11,15-17H,8-10H2,1-3H3. The first-order chi connectivity index (χ1) is 8.90. The molecule has 0 aliphatic heterocycles. The van der Waals surface area contributed by atoms with Crippen molar-refractivity contribution in [1.82, 2.24) is 5.32 Å². The van der Waals surface area contributed by atoms with Crippen molar-refractivity contribution in [2.75, 3.05) is 26.8 Å². The predicted molar refractivity (Wildman–Crippen MR) is 73.7 cm³/mol. The molecule has 5 nitrogen and oxygen atoms in total. The van der Waals surface area contributed by atoms with Crippen molar-refractivity contribution in [1.29, 1.82) is 0 Å². The Labute approximate surface area is 114 Å². The quantitative estimate of drug-likeness (QED) is 0.651. The highest BCUT2D eigenvalue weighted by molar-refractivity contribution is 5.31. The maximum Gasteiger partial charge on any atom is 0.119 e. The Bertz CT molecular complexity index is 359. The third kappa shape index (κ3) is 7.00. The summed E-state index contributed by atoms with van der Waals surface area (Å²) in [5, 5.41) is 22.2.